The number of rotatable bonds is 2. The molecular weight excluding hydrogens is 208 g/mol. The van der Waals surface area contributed by atoms with Gasteiger partial charge in [-0.25, -0.2) is 0 Å². The first-order valence-electron chi connectivity index (χ1n) is 6.34. The summed E-state index contributed by atoms with van der Waals surface area (Å²) in [5.41, 5.74) is 4.35. The molecule has 0 aromatic heterocycles. The van der Waals surface area contributed by atoms with Crippen molar-refractivity contribution in [3.05, 3.63) is 34.4 Å². The average Bonchev–Trinajstić information content (AvgIpc) is 2.09. The fraction of sp³-hybridized carbons (Fsp3) is 0.625. The zero-order chi connectivity index (χ0) is 13.4. The second-order valence-electron chi connectivity index (χ2n) is 6.58. The van der Waals surface area contributed by atoms with E-state index in [1.54, 1.807) is 0 Å². The molecule has 0 spiro atoms. The minimum Gasteiger partial charge on any atom is -0.389 e. The summed E-state index contributed by atoms with van der Waals surface area (Å²) in [5.74, 6) is 0. The van der Waals surface area contributed by atoms with E-state index in [2.05, 4.69) is 53.7 Å². The van der Waals surface area contributed by atoms with Crippen LogP contribution in [0.25, 0.3) is 0 Å². The number of aryl methyl sites for hydroxylation is 3. The Bertz CT molecular complexity index is 385. The first kappa shape index (κ1) is 14.2. The molecule has 0 aliphatic carbocycles. The lowest BCUT2D eigenvalue weighted by atomic mass is 9.73. The number of aliphatic hydroxyl groups is 1. The third-order valence-corrected chi connectivity index (χ3v) is 3.98. The second kappa shape index (κ2) is 4.45. The number of hydrogen-bond donors (Lipinski definition) is 1. The van der Waals surface area contributed by atoms with Crippen molar-refractivity contribution in [2.45, 2.75) is 60.5 Å². The van der Waals surface area contributed by atoms with Gasteiger partial charge in [-0.05, 0) is 49.8 Å². The van der Waals surface area contributed by atoms with E-state index in [4.69, 9.17) is 0 Å². The fourth-order valence-corrected chi connectivity index (χ4v) is 2.10. The topological polar surface area (TPSA) is 20.2 Å². The quantitative estimate of drug-likeness (QED) is 0.821. The van der Waals surface area contributed by atoms with Crippen LogP contribution in [0.15, 0.2) is 12.1 Å². The van der Waals surface area contributed by atoms with Crippen molar-refractivity contribution in [1.29, 1.82) is 0 Å². The monoisotopic (exact) mass is 234 g/mol. The standard InChI is InChI=1S/C16H26O/c1-11-8-12(2)14(13(3)9-11)10-16(7,17)15(4,5)6/h8-9,17H,10H2,1-7H3. The van der Waals surface area contributed by atoms with Crippen LogP contribution in [0.1, 0.15) is 49.9 Å². The Morgan fingerprint density at radius 3 is 1.71 bits per heavy atom. The highest BCUT2D eigenvalue weighted by Gasteiger charge is 2.35. The molecule has 1 rings (SSSR count). The largest absolute Gasteiger partial charge is 0.389 e. The average molecular weight is 234 g/mol. The normalized spacial score (nSPS) is 15.8. The molecule has 0 heterocycles. The van der Waals surface area contributed by atoms with E-state index >= 15 is 0 Å². The van der Waals surface area contributed by atoms with Gasteiger partial charge in [-0.2, -0.15) is 0 Å². The molecule has 1 atom stereocenters. The van der Waals surface area contributed by atoms with E-state index in [0.717, 1.165) is 0 Å². The third kappa shape index (κ3) is 3.10. The van der Waals surface area contributed by atoms with Gasteiger partial charge in [-0.3, -0.25) is 0 Å². The lowest BCUT2D eigenvalue weighted by Gasteiger charge is -2.38. The summed E-state index contributed by atoms with van der Waals surface area (Å²) in [6.07, 6.45) is 0.717. The van der Waals surface area contributed by atoms with Gasteiger partial charge in [0.1, 0.15) is 0 Å². The van der Waals surface area contributed by atoms with Crippen LogP contribution in [0.5, 0.6) is 0 Å². The zero-order valence-corrected chi connectivity index (χ0v) is 12.3. The summed E-state index contributed by atoms with van der Waals surface area (Å²) in [4.78, 5) is 0. The SMILES string of the molecule is Cc1cc(C)c(CC(C)(O)C(C)(C)C)c(C)c1. The predicted octanol–water partition coefficient (Wildman–Crippen LogP) is 3.95. The Balaban J connectivity index is 3.13. The molecule has 0 aliphatic rings. The zero-order valence-electron chi connectivity index (χ0n) is 12.3. The molecule has 17 heavy (non-hydrogen) atoms. The van der Waals surface area contributed by atoms with Crippen LogP contribution in [0.4, 0.5) is 0 Å². The van der Waals surface area contributed by atoms with Crippen molar-refractivity contribution in [2.75, 3.05) is 0 Å². The van der Waals surface area contributed by atoms with Crippen LogP contribution in [0.2, 0.25) is 0 Å². The Labute approximate surface area is 106 Å². The molecule has 1 nitrogen and oxygen atoms in total. The van der Waals surface area contributed by atoms with Crippen molar-refractivity contribution in [3.63, 3.8) is 0 Å². The van der Waals surface area contributed by atoms with Crippen LogP contribution in [0, 0.1) is 26.2 Å². The molecule has 0 aliphatic heterocycles. The molecule has 0 bridgehead atoms. The summed E-state index contributed by atoms with van der Waals surface area (Å²) in [6, 6.07) is 4.39. The van der Waals surface area contributed by atoms with Gasteiger partial charge >= 0.3 is 0 Å². The molecule has 0 amide bonds. The number of hydrogen-bond acceptors (Lipinski definition) is 1. The summed E-state index contributed by atoms with van der Waals surface area (Å²) < 4.78 is 0. The summed E-state index contributed by atoms with van der Waals surface area (Å²) in [6.45, 7) is 14.6. The second-order valence-corrected chi connectivity index (χ2v) is 6.58. The highest BCUT2D eigenvalue weighted by Crippen LogP contribution is 2.34. The fourth-order valence-electron chi connectivity index (χ4n) is 2.10. The summed E-state index contributed by atoms with van der Waals surface area (Å²) in [7, 11) is 0. The minimum atomic E-state index is -0.683. The molecule has 1 heteroatoms. The maximum absolute atomic E-state index is 10.6. The van der Waals surface area contributed by atoms with E-state index < -0.39 is 5.60 Å². The maximum atomic E-state index is 10.6. The van der Waals surface area contributed by atoms with Crippen molar-refractivity contribution >= 4 is 0 Å². The predicted molar refractivity (Wildman–Crippen MR) is 74.4 cm³/mol. The van der Waals surface area contributed by atoms with Gasteiger partial charge in [0.05, 0.1) is 5.60 Å². The molecule has 1 aromatic rings. The molecule has 0 fully saturated rings. The Morgan fingerprint density at radius 1 is 0.941 bits per heavy atom. The number of benzene rings is 1. The van der Waals surface area contributed by atoms with Gasteiger partial charge < -0.3 is 5.11 Å². The van der Waals surface area contributed by atoms with Gasteiger partial charge in [-0.1, -0.05) is 38.5 Å². The molecule has 1 N–H and O–H groups in total. The molecule has 96 valence electrons. The van der Waals surface area contributed by atoms with E-state index in [-0.39, 0.29) is 5.41 Å². The molecular formula is C16H26O. The van der Waals surface area contributed by atoms with E-state index in [1.807, 2.05) is 6.92 Å². The molecule has 0 saturated carbocycles. The van der Waals surface area contributed by atoms with Crippen LogP contribution < -0.4 is 0 Å². The van der Waals surface area contributed by atoms with E-state index in [0.29, 0.717) is 6.42 Å². The van der Waals surface area contributed by atoms with Crippen LogP contribution in [0.3, 0.4) is 0 Å². The van der Waals surface area contributed by atoms with E-state index in [9.17, 15) is 5.11 Å². The molecule has 1 unspecified atom stereocenters. The maximum Gasteiger partial charge on any atom is 0.0708 e. The van der Waals surface area contributed by atoms with Crippen molar-refractivity contribution in [3.8, 4) is 0 Å². The van der Waals surface area contributed by atoms with Crippen LogP contribution >= 0.6 is 0 Å². The first-order chi connectivity index (χ1) is 7.54. The van der Waals surface area contributed by atoms with E-state index in [1.165, 1.54) is 22.3 Å². The van der Waals surface area contributed by atoms with Crippen molar-refractivity contribution < 1.29 is 5.11 Å². The van der Waals surface area contributed by atoms with Gasteiger partial charge in [-0.15, -0.1) is 0 Å². The van der Waals surface area contributed by atoms with Crippen LogP contribution in [-0.4, -0.2) is 10.7 Å². The summed E-state index contributed by atoms with van der Waals surface area (Å²) in [5, 5.41) is 10.6. The van der Waals surface area contributed by atoms with Gasteiger partial charge in [0.25, 0.3) is 0 Å². The Hall–Kier alpha value is -0.820. The molecule has 0 radical (unpaired) electrons. The highest BCUT2D eigenvalue weighted by atomic mass is 16.3. The Kier molecular flexibility index (Phi) is 3.73. The molecule has 1 aromatic carbocycles. The third-order valence-electron chi connectivity index (χ3n) is 3.98. The minimum absolute atomic E-state index is 0.114. The first-order valence-corrected chi connectivity index (χ1v) is 6.34. The lowest BCUT2D eigenvalue weighted by Crippen LogP contribution is -2.42. The van der Waals surface area contributed by atoms with Gasteiger partial charge in [0.15, 0.2) is 0 Å². The van der Waals surface area contributed by atoms with Crippen molar-refractivity contribution in [2.24, 2.45) is 5.41 Å². The van der Waals surface area contributed by atoms with Gasteiger partial charge in [0, 0.05) is 6.42 Å². The smallest absolute Gasteiger partial charge is 0.0708 e. The molecule has 0 saturated heterocycles. The Morgan fingerprint density at radius 2 is 1.35 bits per heavy atom. The van der Waals surface area contributed by atoms with Gasteiger partial charge in [0.2, 0.25) is 0 Å². The van der Waals surface area contributed by atoms with Crippen LogP contribution in [-0.2, 0) is 6.42 Å². The lowest BCUT2D eigenvalue weighted by molar-refractivity contribution is -0.0407. The highest BCUT2D eigenvalue weighted by molar-refractivity contribution is 5.38. The van der Waals surface area contributed by atoms with Crippen molar-refractivity contribution in [1.82, 2.24) is 0 Å². The summed E-state index contributed by atoms with van der Waals surface area (Å²) >= 11 is 0.